The van der Waals surface area contributed by atoms with Crippen molar-refractivity contribution in [1.29, 1.82) is 0 Å². The Bertz CT molecular complexity index is 955. The minimum absolute atomic E-state index is 0.0514. The van der Waals surface area contributed by atoms with Crippen molar-refractivity contribution in [2.75, 3.05) is 6.54 Å². The van der Waals surface area contributed by atoms with Crippen LogP contribution in [-0.4, -0.2) is 52.6 Å². The number of imide groups is 2. The molecule has 10 heteroatoms. The van der Waals surface area contributed by atoms with E-state index in [2.05, 4.69) is 10.6 Å². The zero-order valence-corrected chi connectivity index (χ0v) is 16.9. The van der Waals surface area contributed by atoms with Crippen molar-refractivity contribution in [1.82, 2.24) is 15.5 Å². The maximum atomic E-state index is 13.4. The van der Waals surface area contributed by atoms with Crippen LogP contribution in [0.2, 0.25) is 0 Å². The summed E-state index contributed by atoms with van der Waals surface area (Å²) in [5.74, 6) is -4.91. The highest BCUT2D eigenvalue weighted by Crippen LogP contribution is 2.37. The lowest BCUT2D eigenvalue weighted by molar-refractivity contribution is -0.136. The minimum atomic E-state index is -2.67. The number of nitrogens with two attached hydrogens (primary N) is 1. The Morgan fingerprint density at radius 2 is 1.81 bits per heavy atom. The molecule has 1 aromatic carbocycles. The van der Waals surface area contributed by atoms with E-state index in [1.165, 1.54) is 6.07 Å². The van der Waals surface area contributed by atoms with E-state index < -0.39 is 41.1 Å². The summed E-state index contributed by atoms with van der Waals surface area (Å²) in [5.41, 5.74) is 6.49. The molecule has 4 amide bonds. The second kappa shape index (κ2) is 7.76. The van der Waals surface area contributed by atoms with E-state index in [-0.39, 0.29) is 56.2 Å². The first-order valence-corrected chi connectivity index (χ1v) is 10.3. The van der Waals surface area contributed by atoms with Crippen LogP contribution in [0.5, 0.6) is 0 Å². The van der Waals surface area contributed by atoms with Gasteiger partial charge < -0.3 is 11.1 Å². The van der Waals surface area contributed by atoms with Crippen LogP contribution in [0.15, 0.2) is 18.2 Å². The molecule has 4 rings (SSSR count). The van der Waals surface area contributed by atoms with Gasteiger partial charge in [0.15, 0.2) is 0 Å². The molecule has 0 aromatic heterocycles. The Balaban J connectivity index is 1.46. The molecule has 1 saturated heterocycles. The van der Waals surface area contributed by atoms with Crippen LogP contribution in [0.3, 0.4) is 0 Å². The Labute approximate surface area is 177 Å². The normalized spacial score (nSPS) is 24.9. The summed E-state index contributed by atoms with van der Waals surface area (Å²) in [6.45, 7) is 0.520. The standard InChI is InChI=1S/C21H24F2N4O4/c22-21(23)8-6-20(24,7-9-21)11-25-10-12-2-1-3-13-16(12)19(31)27(18(13)30)14-4-5-15(28)26-17(14)29/h1-3,14,25H,4-11,24H2,(H,26,28,29). The summed E-state index contributed by atoms with van der Waals surface area (Å²) < 4.78 is 26.8. The minimum Gasteiger partial charge on any atom is -0.324 e. The first kappa shape index (κ1) is 21.5. The fourth-order valence-electron chi connectivity index (χ4n) is 4.47. The van der Waals surface area contributed by atoms with Crippen LogP contribution in [0, 0.1) is 0 Å². The molecule has 0 spiro atoms. The predicted octanol–water partition coefficient (Wildman–Crippen LogP) is 1.08. The van der Waals surface area contributed by atoms with E-state index in [1.54, 1.807) is 12.1 Å². The van der Waals surface area contributed by atoms with Crippen LogP contribution in [0.4, 0.5) is 8.78 Å². The zero-order valence-electron chi connectivity index (χ0n) is 16.9. The fraction of sp³-hybridized carbons (Fsp3) is 0.524. The van der Waals surface area contributed by atoms with Gasteiger partial charge in [-0.2, -0.15) is 0 Å². The lowest BCUT2D eigenvalue weighted by Gasteiger charge is -2.37. The van der Waals surface area contributed by atoms with E-state index in [9.17, 15) is 28.0 Å². The maximum absolute atomic E-state index is 13.4. The third-order valence-electron chi connectivity index (χ3n) is 6.32. The molecule has 31 heavy (non-hydrogen) atoms. The summed E-state index contributed by atoms with van der Waals surface area (Å²) in [4.78, 5) is 50.4. The molecule has 2 heterocycles. The van der Waals surface area contributed by atoms with Crippen LogP contribution in [-0.2, 0) is 16.1 Å². The van der Waals surface area contributed by atoms with Crippen molar-refractivity contribution in [3.63, 3.8) is 0 Å². The van der Waals surface area contributed by atoms with Crippen molar-refractivity contribution in [2.24, 2.45) is 5.73 Å². The lowest BCUT2D eigenvalue weighted by Crippen LogP contribution is -2.54. The SMILES string of the molecule is NC1(CNCc2cccc3c2C(=O)N(C2CCC(=O)NC2=O)C3=O)CCC(F)(F)CC1. The number of carbonyl (C=O) groups excluding carboxylic acids is 4. The molecule has 166 valence electrons. The first-order chi connectivity index (χ1) is 14.6. The number of nitrogens with one attached hydrogen (secondary N) is 2. The number of halogens is 2. The molecule has 0 radical (unpaired) electrons. The fourth-order valence-corrected chi connectivity index (χ4v) is 4.47. The molecule has 1 aromatic rings. The van der Waals surface area contributed by atoms with Gasteiger partial charge in [-0.05, 0) is 30.9 Å². The first-order valence-electron chi connectivity index (χ1n) is 10.3. The zero-order chi connectivity index (χ0) is 22.4. The van der Waals surface area contributed by atoms with E-state index in [0.29, 0.717) is 12.1 Å². The van der Waals surface area contributed by atoms with E-state index >= 15 is 0 Å². The molecular formula is C21H24F2N4O4. The molecule has 4 N–H and O–H groups in total. The van der Waals surface area contributed by atoms with Crippen molar-refractivity contribution in [3.05, 3.63) is 34.9 Å². The molecule has 1 aliphatic carbocycles. The number of benzene rings is 1. The molecule has 0 bridgehead atoms. The molecule has 1 unspecified atom stereocenters. The Morgan fingerprint density at radius 3 is 2.48 bits per heavy atom. The van der Waals surface area contributed by atoms with Gasteiger partial charge in [0.05, 0.1) is 11.1 Å². The summed E-state index contributed by atoms with van der Waals surface area (Å²) in [6.07, 6.45) is 0.0285. The van der Waals surface area contributed by atoms with Gasteiger partial charge in [-0.3, -0.25) is 29.4 Å². The van der Waals surface area contributed by atoms with E-state index in [1.807, 2.05) is 0 Å². The van der Waals surface area contributed by atoms with Gasteiger partial charge in [0.25, 0.3) is 11.8 Å². The number of alkyl halides is 2. The number of nitrogens with zero attached hydrogens (tertiary/aromatic N) is 1. The average Bonchev–Trinajstić information content (AvgIpc) is 2.96. The number of amides is 4. The lowest BCUT2D eigenvalue weighted by atomic mass is 9.80. The smallest absolute Gasteiger partial charge is 0.262 e. The quantitative estimate of drug-likeness (QED) is 0.597. The summed E-state index contributed by atoms with van der Waals surface area (Å²) in [7, 11) is 0. The average molecular weight is 434 g/mol. The largest absolute Gasteiger partial charge is 0.324 e. The second-order valence-corrected chi connectivity index (χ2v) is 8.61. The van der Waals surface area contributed by atoms with Crippen LogP contribution < -0.4 is 16.4 Å². The van der Waals surface area contributed by atoms with Crippen molar-refractivity contribution in [2.45, 2.75) is 62.6 Å². The Morgan fingerprint density at radius 1 is 1.10 bits per heavy atom. The van der Waals surface area contributed by atoms with Gasteiger partial charge in [-0.25, -0.2) is 8.78 Å². The van der Waals surface area contributed by atoms with Gasteiger partial charge in [-0.1, -0.05) is 12.1 Å². The van der Waals surface area contributed by atoms with Gasteiger partial charge >= 0.3 is 0 Å². The number of fused-ring (bicyclic) bond motifs is 1. The van der Waals surface area contributed by atoms with E-state index in [0.717, 1.165) is 4.90 Å². The predicted molar refractivity (Wildman–Crippen MR) is 105 cm³/mol. The van der Waals surface area contributed by atoms with Crippen LogP contribution in [0.25, 0.3) is 0 Å². The third-order valence-corrected chi connectivity index (χ3v) is 6.32. The monoisotopic (exact) mass is 434 g/mol. The highest BCUT2D eigenvalue weighted by molar-refractivity contribution is 6.24. The third kappa shape index (κ3) is 4.09. The Hall–Kier alpha value is -2.72. The highest BCUT2D eigenvalue weighted by atomic mass is 19.3. The Kier molecular flexibility index (Phi) is 5.38. The van der Waals surface area contributed by atoms with Gasteiger partial charge in [0, 0.05) is 37.9 Å². The van der Waals surface area contributed by atoms with Crippen molar-refractivity contribution >= 4 is 23.6 Å². The number of hydrogen-bond donors (Lipinski definition) is 3. The molecular weight excluding hydrogens is 410 g/mol. The molecule has 2 fully saturated rings. The molecule has 1 atom stereocenters. The highest BCUT2D eigenvalue weighted by Gasteiger charge is 2.45. The summed E-state index contributed by atoms with van der Waals surface area (Å²) in [6, 6.07) is 3.85. The second-order valence-electron chi connectivity index (χ2n) is 8.61. The van der Waals surface area contributed by atoms with E-state index in [4.69, 9.17) is 5.73 Å². The van der Waals surface area contributed by atoms with Gasteiger partial charge in [0.1, 0.15) is 6.04 Å². The van der Waals surface area contributed by atoms with Crippen LogP contribution >= 0.6 is 0 Å². The maximum Gasteiger partial charge on any atom is 0.262 e. The number of hydrogen-bond acceptors (Lipinski definition) is 6. The van der Waals surface area contributed by atoms with Crippen molar-refractivity contribution in [3.8, 4) is 0 Å². The van der Waals surface area contributed by atoms with Crippen LogP contribution in [0.1, 0.15) is 64.8 Å². The molecule has 8 nitrogen and oxygen atoms in total. The summed E-state index contributed by atoms with van der Waals surface area (Å²) >= 11 is 0. The number of rotatable bonds is 5. The summed E-state index contributed by atoms with van der Waals surface area (Å²) in [5, 5.41) is 5.30. The van der Waals surface area contributed by atoms with Crippen molar-refractivity contribution < 1.29 is 28.0 Å². The van der Waals surface area contributed by atoms with Gasteiger partial charge in [0.2, 0.25) is 17.7 Å². The molecule has 1 saturated carbocycles. The van der Waals surface area contributed by atoms with Gasteiger partial charge in [-0.15, -0.1) is 0 Å². The number of carbonyl (C=O) groups is 4. The molecule has 2 aliphatic heterocycles. The number of piperidine rings is 1. The topological polar surface area (TPSA) is 122 Å². The molecule has 3 aliphatic rings.